The summed E-state index contributed by atoms with van der Waals surface area (Å²) in [5, 5.41) is 29.3. The van der Waals surface area contributed by atoms with Gasteiger partial charge in [-0.05, 0) is 37.8 Å². The van der Waals surface area contributed by atoms with E-state index in [-0.39, 0.29) is 29.3 Å². The van der Waals surface area contributed by atoms with E-state index in [0.29, 0.717) is 18.4 Å². The molecule has 0 aliphatic carbocycles. The number of carbonyl (C=O) groups is 2. The van der Waals surface area contributed by atoms with Crippen LogP contribution in [0.2, 0.25) is 10.0 Å². The van der Waals surface area contributed by atoms with Gasteiger partial charge < -0.3 is 10.2 Å². The summed E-state index contributed by atoms with van der Waals surface area (Å²) < 4.78 is 0. The van der Waals surface area contributed by atoms with Crippen molar-refractivity contribution in [3.63, 3.8) is 0 Å². The monoisotopic (exact) mass is 385 g/mol. The van der Waals surface area contributed by atoms with E-state index in [0.717, 1.165) is 0 Å². The number of carboxylic acid groups (broad SMARTS) is 2. The van der Waals surface area contributed by atoms with Crippen LogP contribution >= 0.6 is 23.2 Å². The number of nitrogens with zero attached hydrogens (tertiary/aromatic N) is 1. The molecule has 0 aromatic heterocycles. The second kappa shape index (κ2) is 8.55. The SMILES string of the molecule is CCC(CC)(CC(C#N)(CCC(=O)O)c1c(Cl)cccc1Cl)C(=O)O. The quantitative estimate of drug-likeness (QED) is 0.629. The molecule has 0 saturated carbocycles. The number of halogens is 2. The van der Waals surface area contributed by atoms with Crippen molar-refractivity contribution in [3.8, 4) is 6.07 Å². The maximum absolute atomic E-state index is 11.9. The number of hydrogen-bond acceptors (Lipinski definition) is 3. The maximum atomic E-state index is 11.9. The smallest absolute Gasteiger partial charge is 0.309 e. The third-order valence-electron chi connectivity index (χ3n) is 4.87. The van der Waals surface area contributed by atoms with Gasteiger partial charge in [-0.1, -0.05) is 43.1 Å². The highest BCUT2D eigenvalue weighted by Crippen LogP contribution is 2.48. The Bertz CT molecular complexity index is 675. The third-order valence-corrected chi connectivity index (χ3v) is 5.50. The molecule has 25 heavy (non-hydrogen) atoms. The van der Waals surface area contributed by atoms with Gasteiger partial charge in [0.2, 0.25) is 0 Å². The van der Waals surface area contributed by atoms with Gasteiger partial charge in [0.25, 0.3) is 0 Å². The van der Waals surface area contributed by atoms with Crippen LogP contribution in [-0.4, -0.2) is 22.2 Å². The van der Waals surface area contributed by atoms with E-state index in [4.69, 9.17) is 28.3 Å². The molecule has 0 fully saturated rings. The van der Waals surface area contributed by atoms with Crippen molar-refractivity contribution in [2.24, 2.45) is 5.41 Å². The zero-order chi connectivity index (χ0) is 19.3. The van der Waals surface area contributed by atoms with Crippen molar-refractivity contribution >= 4 is 35.1 Å². The molecule has 1 aromatic carbocycles. The second-order valence-electron chi connectivity index (χ2n) is 6.15. The molecule has 0 saturated heterocycles. The highest BCUT2D eigenvalue weighted by molar-refractivity contribution is 6.36. The Hall–Kier alpha value is -1.77. The van der Waals surface area contributed by atoms with E-state index in [1.165, 1.54) is 0 Å². The van der Waals surface area contributed by atoms with E-state index in [1.54, 1.807) is 32.0 Å². The topological polar surface area (TPSA) is 98.4 Å². The first kappa shape index (κ1) is 21.3. The molecule has 5 nitrogen and oxygen atoms in total. The number of carboxylic acids is 2. The standard InChI is InChI=1S/C18H21Cl2NO4/c1-3-17(4-2,16(24)25)10-18(11-21,9-8-14(22)23)15-12(19)6-5-7-13(15)20/h5-7H,3-4,8-10H2,1-2H3,(H,22,23)(H,24,25). The van der Waals surface area contributed by atoms with Crippen LogP contribution in [0.1, 0.15) is 51.5 Å². The van der Waals surface area contributed by atoms with Gasteiger partial charge in [-0.2, -0.15) is 5.26 Å². The second-order valence-corrected chi connectivity index (χ2v) is 6.97. The predicted octanol–water partition coefficient (Wildman–Crippen LogP) is 4.90. The fourth-order valence-corrected chi connectivity index (χ4v) is 3.94. The van der Waals surface area contributed by atoms with Gasteiger partial charge in [0.1, 0.15) is 0 Å². The Morgan fingerprint density at radius 3 is 2.04 bits per heavy atom. The number of benzene rings is 1. The van der Waals surface area contributed by atoms with Crippen LogP contribution in [0.25, 0.3) is 0 Å². The van der Waals surface area contributed by atoms with E-state index in [1.807, 2.05) is 0 Å². The van der Waals surface area contributed by atoms with Crippen LogP contribution in [-0.2, 0) is 15.0 Å². The van der Waals surface area contributed by atoms with Crippen molar-refractivity contribution in [2.45, 2.75) is 51.4 Å². The van der Waals surface area contributed by atoms with Crippen molar-refractivity contribution in [1.29, 1.82) is 5.26 Å². The molecule has 136 valence electrons. The van der Waals surface area contributed by atoms with Crippen LogP contribution in [0.15, 0.2) is 18.2 Å². The molecule has 7 heteroatoms. The van der Waals surface area contributed by atoms with Crippen LogP contribution < -0.4 is 0 Å². The molecule has 0 aliphatic heterocycles. The lowest BCUT2D eigenvalue weighted by molar-refractivity contribution is -0.150. The largest absolute Gasteiger partial charge is 0.481 e. The average Bonchev–Trinajstić information content (AvgIpc) is 2.56. The Labute approximate surface area is 157 Å². The summed E-state index contributed by atoms with van der Waals surface area (Å²) in [6.45, 7) is 3.48. The molecule has 1 atom stereocenters. The highest BCUT2D eigenvalue weighted by atomic mass is 35.5. The number of nitriles is 1. The summed E-state index contributed by atoms with van der Waals surface area (Å²) in [7, 11) is 0. The summed E-state index contributed by atoms with van der Waals surface area (Å²) in [5.74, 6) is -2.09. The van der Waals surface area contributed by atoms with Gasteiger partial charge >= 0.3 is 11.9 Å². The molecular weight excluding hydrogens is 365 g/mol. The van der Waals surface area contributed by atoms with E-state index < -0.39 is 22.8 Å². The van der Waals surface area contributed by atoms with E-state index in [9.17, 15) is 20.0 Å². The van der Waals surface area contributed by atoms with Gasteiger partial charge in [0.05, 0.1) is 16.9 Å². The third kappa shape index (κ3) is 4.45. The fraction of sp³-hybridized carbons (Fsp3) is 0.500. The normalized spacial score (nSPS) is 13.7. The van der Waals surface area contributed by atoms with Gasteiger partial charge in [0.15, 0.2) is 0 Å². The minimum Gasteiger partial charge on any atom is -0.481 e. The van der Waals surface area contributed by atoms with Crippen molar-refractivity contribution in [1.82, 2.24) is 0 Å². The lowest BCUT2D eigenvalue weighted by atomic mass is 9.64. The van der Waals surface area contributed by atoms with Gasteiger partial charge in [-0.25, -0.2) is 0 Å². The lowest BCUT2D eigenvalue weighted by Gasteiger charge is -2.37. The zero-order valence-electron chi connectivity index (χ0n) is 14.2. The molecule has 0 heterocycles. The Morgan fingerprint density at radius 1 is 1.16 bits per heavy atom. The number of rotatable bonds is 9. The molecule has 0 radical (unpaired) electrons. The predicted molar refractivity (Wildman–Crippen MR) is 95.9 cm³/mol. The van der Waals surface area contributed by atoms with E-state index in [2.05, 4.69) is 6.07 Å². The van der Waals surface area contributed by atoms with Gasteiger partial charge in [0, 0.05) is 22.0 Å². The molecule has 2 N–H and O–H groups in total. The summed E-state index contributed by atoms with van der Waals surface area (Å²) in [6.07, 6.45) is 0.180. The highest BCUT2D eigenvalue weighted by Gasteiger charge is 2.47. The van der Waals surface area contributed by atoms with Crippen LogP contribution in [0.5, 0.6) is 0 Å². The fourth-order valence-electron chi connectivity index (χ4n) is 3.18. The molecule has 0 amide bonds. The summed E-state index contributed by atoms with van der Waals surface area (Å²) in [5.41, 5.74) is -2.27. The van der Waals surface area contributed by atoms with Crippen LogP contribution in [0.3, 0.4) is 0 Å². The first-order valence-corrected chi connectivity index (χ1v) is 8.74. The summed E-state index contributed by atoms with van der Waals surface area (Å²) in [6, 6.07) is 6.91. The van der Waals surface area contributed by atoms with Gasteiger partial charge in [-0.3, -0.25) is 9.59 Å². The Balaban J connectivity index is 3.60. The molecule has 0 bridgehead atoms. The lowest BCUT2D eigenvalue weighted by Crippen LogP contribution is -2.39. The molecule has 0 aliphatic rings. The minimum absolute atomic E-state index is 0.0600. The van der Waals surface area contributed by atoms with Crippen molar-refractivity contribution in [2.75, 3.05) is 0 Å². The molecule has 0 spiro atoms. The molecular formula is C18H21Cl2NO4. The Morgan fingerprint density at radius 2 is 1.68 bits per heavy atom. The van der Waals surface area contributed by atoms with Crippen LogP contribution in [0, 0.1) is 16.7 Å². The first-order chi connectivity index (χ1) is 11.7. The van der Waals surface area contributed by atoms with Crippen molar-refractivity contribution in [3.05, 3.63) is 33.8 Å². The Kier molecular flexibility index (Phi) is 7.28. The van der Waals surface area contributed by atoms with Crippen molar-refractivity contribution < 1.29 is 19.8 Å². The zero-order valence-corrected chi connectivity index (χ0v) is 15.7. The maximum Gasteiger partial charge on any atom is 0.309 e. The molecule has 1 unspecified atom stereocenters. The summed E-state index contributed by atoms with van der Waals surface area (Å²) >= 11 is 12.5. The summed E-state index contributed by atoms with van der Waals surface area (Å²) in [4.78, 5) is 23.0. The van der Waals surface area contributed by atoms with Gasteiger partial charge in [-0.15, -0.1) is 0 Å². The first-order valence-electron chi connectivity index (χ1n) is 7.99. The van der Waals surface area contributed by atoms with Crippen LogP contribution in [0.4, 0.5) is 0 Å². The average molecular weight is 386 g/mol. The molecule has 1 aromatic rings. The minimum atomic E-state index is -1.40. The number of hydrogen-bond donors (Lipinski definition) is 2. The number of aliphatic carboxylic acids is 2. The van der Waals surface area contributed by atoms with E-state index >= 15 is 0 Å². The molecule has 1 rings (SSSR count).